The molecule has 1 N–H and O–H groups in total. The molecule has 0 bridgehead atoms. The van der Waals surface area contributed by atoms with Crippen molar-refractivity contribution in [3.05, 3.63) is 35.6 Å². The molecule has 2 atom stereocenters. The molecule has 2 amide bonds. The van der Waals surface area contributed by atoms with Crippen LogP contribution in [0.25, 0.3) is 0 Å². The predicted molar refractivity (Wildman–Crippen MR) is 98.6 cm³/mol. The van der Waals surface area contributed by atoms with Crippen molar-refractivity contribution in [1.82, 2.24) is 10.2 Å². The summed E-state index contributed by atoms with van der Waals surface area (Å²) >= 11 is 0. The SMILES string of the molecule is O=C1N[C@H]2CN(C(=O)C3(Cc4cccc(F)c4)CCCCC3)CC[C@@H]2CO1. The van der Waals surface area contributed by atoms with Crippen molar-refractivity contribution in [2.75, 3.05) is 19.7 Å². The van der Waals surface area contributed by atoms with Gasteiger partial charge in [0.15, 0.2) is 0 Å². The molecule has 2 aliphatic heterocycles. The van der Waals surface area contributed by atoms with E-state index in [0.717, 1.165) is 44.1 Å². The minimum Gasteiger partial charge on any atom is -0.449 e. The van der Waals surface area contributed by atoms with Gasteiger partial charge in [-0.1, -0.05) is 31.4 Å². The van der Waals surface area contributed by atoms with Crippen molar-refractivity contribution in [3.8, 4) is 0 Å². The molecule has 5 nitrogen and oxygen atoms in total. The van der Waals surface area contributed by atoms with Gasteiger partial charge in [0, 0.05) is 19.0 Å². The number of amides is 2. The lowest BCUT2D eigenvalue weighted by Crippen LogP contribution is -2.60. The van der Waals surface area contributed by atoms with E-state index in [4.69, 9.17) is 4.74 Å². The Bertz CT molecular complexity index is 717. The lowest BCUT2D eigenvalue weighted by molar-refractivity contribution is -0.147. The van der Waals surface area contributed by atoms with Crippen LogP contribution in [-0.4, -0.2) is 42.6 Å². The van der Waals surface area contributed by atoms with Crippen LogP contribution in [0.5, 0.6) is 0 Å². The second-order valence-corrected chi connectivity index (χ2v) is 8.30. The second-order valence-electron chi connectivity index (χ2n) is 8.30. The normalized spacial score (nSPS) is 27.3. The molecule has 0 radical (unpaired) electrons. The number of hydrogen-bond acceptors (Lipinski definition) is 3. The zero-order valence-corrected chi connectivity index (χ0v) is 15.6. The van der Waals surface area contributed by atoms with Crippen LogP contribution in [0.15, 0.2) is 24.3 Å². The second kappa shape index (κ2) is 7.49. The fourth-order valence-electron chi connectivity index (χ4n) is 4.99. The van der Waals surface area contributed by atoms with E-state index in [1.165, 1.54) is 6.07 Å². The quantitative estimate of drug-likeness (QED) is 0.883. The molecule has 0 aromatic heterocycles. The lowest BCUT2D eigenvalue weighted by Gasteiger charge is -2.45. The summed E-state index contributed by atoms with van der Waals surface area (Å²) in [5.74, 6) is 0.194. The third-order valence-corrected chi connectivity index (χ3v) is 6.47. The predicted octanol–water partition coefficient (Wildman–Crippen LogP) is 3.28. The Morgan fingerprint density at radius 3 is 2.89 bits per heavy atom. The van der Waals surface area contributed by atoms with Gasteiger partial charge in [-0.3, -0.25) is 4.79 Å². The van der Waals surface area contributed by atoms with E-state index >= 15 is 0 Å². The van der Waals surface area contributed by atoms with Gasteiger partial charge in [0.25, 0.3) is 0 Å². The minimum absolute atomic E-state index is 0.0289. The Labute approximate surface area is 159 Å². The number of halogens is 1. The molecule has 2 saturated heterocycles. The zero-order valence-electron chi connectivity index (χ0n) is 15.6. The number of nitrogens with one attached hydrogen (secondary N) is 1. The first-order chi connectivity index (χ1) is 13.1. The van der Waals surface area contributed by atoms with Crippen LogP contribution >= 0.6 is 0 Å². The van der Waals surface area contributed by atoms with E-state index < -0.39 is 11.5 Å². The van der Waals surface area contributed by atoms with Gasteiger partial charge in [0.2, 0.25) is 5.91 Å². The first-order valence-corrected chi connectivity index (χ1v) is 10.0. The Morgan fingerprint density at radius 2 is 2.11 bits per heavy atom. The molecule has 1 aromatic rings. The number of likely N-dealkylation sites (tertiary alicyclic amines) is 1. The van der Waals surface area contributed by atoms with Crippen LogP contribution in [0.3, 0.4) is 0 Å². The van der Waals surface area contributed by atoms with Gasteiger partial charge in [-0.05, 0) is 43.4 Å². The monoisotopic (exact) mass is 374 g/mol. The molecule has 1 saturated carbocycles. The average molecular weight is 374 g/mol. The number of nitrogens with zero attached hydrogens (tertiary/aromatic N) is 1. The maximum absolute atomic E-state index is 13.7. The van der Waals surface area contributed by atoms with E-state index in [-0.39, 0.29) is 23.7 Å². The maximum atomic E-state index is 13.7. The number of alkyl carbamates (subject to hydrolysis) is 1. The van der Waals surface area contributed by atoms with E-state index in [2.05, 4.69) is 5.32 Å². The Balaban J connectivity index is 1.53. The summed E-state index contributed by atoms with van der Waals surface area (Å²) in [7, 11) is 0. The smallest absolute Gasteiger partial charge is 0.407 e. The number of piperidine rings is 1. The van der Waals surface area contributed by atoms with E-state index in [1.54, 1.807) is 12.1 Å². The minimum atomic E-state index is -0.450. The van der Waals surface area contributed by atoms with Crippen LogP contribution < -0.4 is 5.32 Å². The molecular weight excluding hydrogens is 347 g/mol. The van der Waals surface area contributed by atoms with Crippen molar-refractivity contribution < 1.29 is 18.7 Å². The topological polar surface area (TPSA) is 58.6 Å². The van der Waals surface area contributed by atoms with Gasteiger partial charge < -0.3 is 15.0 Å². The molecule has 146 valence electrons. The van der Waals surface area contributed by atoms with Crippen molar-refractivity contribution in [3.63, 3.8) is 0 Å². The van der Waals surface area contributed by atoms with Gasteiger partial charge in [-0.2, -0.15) is 0 Å². The van der Waals surface area contributed by atoms with E-state index in [1.807, 2.05) is 11.0 Å². The third-order valence-electron chi connectivity index (χ3n) is 6.47. The van der Waals surface area contributed by atoms with Crippen LogP contribution in [0.1, 0.15) is 44.1 Å². The average Bonchev–Trinajstić information content (AvgIpc) is 2.67. The highest BCUT2D eigenvalue weighted by Gasteiger charge is 2.45. The summed E-state index contributed by atoms with van der Waals surface area (Å²) in [6.45, 7) is 1.68. The van der Waals surface area contributed by atoms with Crippen molar-refractivity contribution in [2.24, 2.45) is 11.3 Å². The van der Waals surface area contributed by atoms with Crippen LogP contribution in [0.2, 0.25) is 0 Å². The van der Waals surface area contributed by atoms with Crippen LogP contribution in [-0.2, 0) is 16.0 Å². The first kappa shape index (κ1) is 18.3. The number of cyclic esters (lactones) is 1. The summed E-state index contributed by atoms with van der Waals surface area (Å²) in [6, 6.07) is 6.59. The summed E-state index contributed by atoms with van der Waals surface area (Å²) in [4.78, 5) is 27.1. The fraction of sp³-hybridized carbons (Fsp3) is 0.619. The summed E-state index contributed by atoms with van der Waals surface area (Å²) in [5.41, 5.74) is 0.438. The molecule has 2 heterocycles. The molecule has 6 heteroatoms. The summed E-state index contributed by atoms with van der Waals surface area (Å²) < 4.78 is 18.8. The van der Waals surface area contributed by atoms with Crippen LogP contribution in [0, 0.1) is 17.2 Å². The Kier molecular flexibility index (Phi) is 5.06. The van der Waals surface area contributed by atoms with Gasteiger partial charge >= 0.3 is 6.09 Å². The summed E-state index contributed by atoms with van der Waals surface area (Å²) in [5, 5.41) is 2.87. The van der Waals surface area contributed by atoms with Crippen LogP contribution in [0.4, 0.5) is 9.18 Å². The zero-order chi connectivity index (χ0) is 18.9. The molecule has 0 spiro atoms. The van der Waals surface area contributed by atoms with Crippen molar-refractivity contribution >= 4 is 12.0 Å². The van der Waals surface area contributed by atoms with E-state index in [0.29, 0.717) is 26.1 Å². The molecule has 1 aromatic carbocycles. The molecule has 0 unspecified atom stereocenters. The number of benzene rings is 1. The largest absolute Gasteiger partial charge is 0.449 e. The lowest BCUT2D eigenvalue weighted by atomic mass is 9.69. The molecular formula is C21H27FN2O3. The standard InChI is InChI=1S/C21H27FN2O3/c22-17-6-4-5-15(11-17)12-21(8-2-1-3-9-21)19(25)24-10-7-16-14-27-20(26)23-18(16)13-24/h4-6,11,16,18H,1-3,7-10,12-14H2,(H,23,26)/t16-,18+/m1/s1. The van der Waals surface area contributed by atoms with Gasteiger partial charge in [0.1, 0.15) is 5.82 Å². The summed E-state index contributed by atoms with van der Waals surface area (Å²) in [6.07, 6.45) is 5.95. The highest BCUT2D eigenvalue weighted by Crippen LogP contribution is 2.42. The molecule has 27 heavy (non-hydrogen) atoms. The van der Waals surface area contributed by atoms with E-state index in [9.17, 15) is 14.0 Å². The number of hydrogen-bond donors (Lipinski definition) is 1. The molecule has 3 fully saturated rings. The highest BCUT2D eigenvalue weighted by atomic mass is 19.1. The maximum Gasteiger partial charge on any atom is 0.407 e. The number of rotatable bonds is 3. The highest BCUT2D eigenvalue weighted by molar-refractivity contribution is 5.83. The Morgan fingerprint density at radius 1 is 1.30 bits per heavy atom. The number of carbonyl (C=O) groups is 2. The van der Waals surface area contributed by atoms with Gasteiger partial charge in [-0.15, -0.1) is 0 Å². The first-order valence-electron chi connectivity index (χ1n) is 10.0. The number of ether oxygens (including phenoxy) is 1. The fourth-order valence-corrected chi connectivity index (χ4v) is 4.99. The number of fused-ring (bicyclic) bond motifs is 1. The van der Waals surface area contributed by atoms with Crippen molar-refractivity contribution in [1.29, 1.82) is 0 Å². The van der Waals surface area contributed by atoms with Crippen molar-refractivity contribution in [2.45, 2.75) is 51.0 Å². The third kappa shape index (κ3) is 3.80. The van der Waals surface area contributed by atoms with Gasteiger partial charge in [0.05, 0.1) is 18.1 Å². The molecule has 3 aliphatic rings. The van der Waals surface area contributed by atoms with Gasteiger partial charge in [-0.25, -0.2) is 9.18 Å². The molecule has 1 aliphatic carbocycles. The Hall–Kier alpha value is -2.11. The number of carbonyl (C=O) groups excluding carboxylic acids is 2. The molecule has 4 rings (SSSR count).